The highest BCUT2D eigenvalue weighted by Crippen LogP contribution is 2.46. The van der Waals surface area contributed by atoms with Crippen LogP contribution in [0.2, 0.25) is 22.7 Å². The third kappa shape index (κ3) is 2.99. The van der Waals surface area contributed by atoms with Crippen LogP contribution in [0.5, 0.6) is 0 Å². The zero-order valence-corrected chi connectivity index (χ0v) is 14.2. The van der Waals surface area contributed by atoms with Crippen molar-refractivity contribution < 1.29 is 9.84 Å². The summed E-state index contributed by atoms with van der Waals surface area (Å²) in [6.07, 6.45) is 0.887. The molecular weight excluding hydrogens is 240 g/mol. The van der Waals surface area contributed by atoms with Gasteiger partial charge < -0.3 is 9.84 Å². The Bertz CT molecular complexity index is 231. The largest absolute Gasteiger partial charge is 0.390 e. The summed E-state index contributed by atoms with van der Waals surface area (Å²) >= 11 is 0. The predicted octanol–water partition coefficient (Wildman–Crippen LogP) is 4.20. The highest BCUT2D eigenvalue weighted by molar-refractivity contribution is 6.83. The molecule has 0 bridgehead atoms. The summed E-state index contributed by atoms with van der Waals surface area (Å²) in [7, 11) is -1.39. The normalized spacial score (nSPS) is 29.8. The average molecular weight is 273 g/mol. The van der Waals surface area contributed by atoms with Crippen molar-refractivity contribution in [1.29, 1.82) is 0 Å². The minimum Gasteiger partial charge on any atom is -0.390 e. The van der Waals surface area contributed by atoms with Gasteiger partial charge >= 0.3 is 0 Å². The van der Waals surface area contributed by atoms with Crippen LogP contribution in [-0.2, 0) is 4.74 Å². The maximum Gasteiger partial charge on any atom is 0.0823 e. The van der Waals surface area contributed by atoms with Crippen LogP contribution in [0.4, 0.5) is 0 Å². The second-order valence-corrected chi connectivity index (χ2v) is 13.1. The Morgan fingerprint density at radius 1 is 1.06 bits per heavy atom. The minimum atomic E-state index is -1.39. The van der Waals surface area contributed by atoms with E-state index in [0.29, 0.717) is 0 Å². The van der Waals surface area contributed by atoms with E-state index in [0.717, 1.165) is 23.0 Å². The summed E-state index contributed by atoms with van der Waals surface area (Å²) in [5, 5.41) is 9.87. The van der Waals surface area contributed by atoms with Crippen molar-refractivity contribution in [3.8, 4) is 0 Å². The van der Waals surface area contributed by atoms with E-state index in [1.165, 1.54) is 6.04 Å². The van der Waals surface area contributed by atoms with Gasteiger partial charge in [0.2, 0.25) is 0 Å². The molecule has 0 spiro atoms. The highest BCUT2D eigenvalue weighted by atomic mass is 28.3. The van der Waals surface area contributed by atoms with Gasteiger partial charge in [0.1, 0.15) is 0 Å². The van der Waals surface area contributed by atoms with Crippen LogP contribution in [-0.4, -0.2) is 31.5 Å². The second-order valence-electron chi connectivity index (χ2n) is 7.05. The molecule has 0 radical (unpaired) electrons. The molecule has 2 nitrogen and oxygen atoms in total. The van der Waals surface area contributed by atoms with Gasteiger partial charge in [-0.2, -0.15) is 0 Å². The van der Waals surface area contributed by atoms with Gasteiger partial charge in [-0.25, -0.2) is 0 Å². The first-order valence-electron chi connectivity index (χ1n) is 7.55. The molecule has 18 heavy (non-hydrogen) atoms. The van der Waals surface area contributed by atoms with Crippen molar-refractivity contribution in [1.82, 2.24) is 0 Å². The molecule has 1 fully saturated rings. The van der Waals surface area contributed by atoms with Gasteiger partial charge in [-0.05, 0) is 13.0 Å². The first-order valence-corrected chi connectivity index (χ1v) is 9.99. The third-order valence-electron chi connectivity index (χ3n) is 5.26. The summed E-state index contributed by atoms with van der Waals surface area (Å²) in [6.45, 7) is 16.3. The lowest BCUT2D eigenvalue weighted by molar-refractivity contribution is 0.0279. The third-order valence-corrected chi connectivity index (χ3v) is 12.9. The number of hydrogen-bond donors (Lipinski definition) is 1. The Morgan fingerprint density at radius 2 is 1.50 bits per heavy atom. The number of hydrogen-bond acceptors (Lipinski definition) is 2. The number of ether oxygens (including phenoxy) is 1. The standard InChI is InChI=1S/C15H32O2Si/c1-10(2)18(11(3)4,12(5)6)9-14-8-15(16)13(7)17-14/h10-16H,8-9H2,1-7H3/t13-,14+,15+/m0/s1. The quantitative estimate of drug-likeness (QED) is 0.760. The van der Waals surface area contributed by atoms with Crippen LogP contribution in [0.3, 0.4) is 0 Å². The van der Waals surface area contributed by atoms with E-state index < -0.39 is 8.07 Å². The van der Waals surface area contributed by atoms with E-state index >= 15 is 0 Å². The molecule has 0 unspecified atom stereocenters. The van der Waals surface area contributed by atoms with Gasteiger partial charge in [0.15, 0.2) is 0 Å². The molecule has 0 amide bonds. The summed E-state index contributed by atoms with van der Waals surface area (Å²) in [4.78, 5) is 0. The first-order chi connectivity index (χ1) is 8.21. The molecule has 1 aliphatic heterocycles. The molecule has 1 rings (SSSR count). The fourth-order valence-electron chi connectivity index (χ4n) is 4.14. The molecule has 3 heteroatoms. The molecule has 1 aliphatic rings. The molecule has 0 aliphatic carbocycles. The SMILES string of the molecule is CC(C)[Si](C[C@H]1C[C@@H](O)[C@H](C)O1)(C(C)C)C(C)C. The zero-order valence-electron chi connectivity index (χ0n) is 13.2. The van der Waals surface area contributed by atoms with E-state index in [2.05, 4.69) is 41.5 Å². The van der Waals surface area contributed by atoms with Crippen molar-refractivity contribution >= 4 is 8.07 Å². The summed E-state index contributed by atoms with van der Waals surface area (Å²) in [6, 6.07) is 1.21. The maximum absolute atomic E-state index is 9.87. The van der Waals surface area contributed by atoms with Crippen molar-refractivity contribution in [2.45, 2.75) is 95.9 Å². The highest BCUT2D eigenvalue weighted by Gasteiger charge is 2.46. The monoisotopic (exact) mass is 272 g/mol. The lowest BCUT2D eigenvalue weighted by Gasteiger charge is -2.44. The fraction of sp³-hybridized carbons (Fsp3) is 1.00. The first kappa shape index (κ1) is 16.2. The number of rotatable bonds is 5. The van der Waals surface area contributed by atoms with Crippen molar-refractivity contribution in [2.75, 3.05) is 0 Å². The lowest BCUT2D eigenvalue weighted by atomic mass is 10.2. The van der Waals surface area contributed by atoms with Gasteiger partial charge in [0.05, 0.1) is 26.4 Å². The average Bonchev–Trinajstić information content (AvgIpc) is 2.53. The van der Waals surface area contributed by atoms with E-state index in [1.807, 2.05) is 6.92 Å². The van der Waals surface area contributed by atoms with Crippen LogP contribution >= 0.6 is 0 Å². The molecule has 1 N–H and O–H groups in total. The zero-order chi connectivity index (χ0) is 14.1. The fourth-order valence-corrected chi connectivity index (χ4v) is 10.6. The molecule has 0 aromatic heterocycles. The van der Waals surface area contributed by atoms with Crippen LogP contribution in [0.15, 0.2) is 0 Å². The van der Waals surface area contributed by atoms with E-state index in [1.54, 1.807) is 0 Å². The summed E-state index contributed by atoms with van der Waals surface area (Å²) in [5.41, 5.74) is 2.32. The second kappa shape index (κ2) is 6.06. The molecule has 0 aromatic rings. The van der Waals surface area contributed by atoms with E-state index in [4.69, 9.17) is 4.74 Å². The molecule has 1 heterocycles. The van der Waals surface area contributed by atoms with Crippen molar-refractivity contribution in [2.24, 2.45) is 0 Å². The minimum absolute atomic E-state index is 0.0215. The number of aliphatic hydroxyl groups excluding tert-OH is 1. The Hall–Kier alpha value is 0.137. The van der Waals surface area contributed by atoms with Crippen molar-refractivity contribution in [3.63, 3.8) is 0 Å². The van der Waals surface area contributed by atoms with Crippen LogP contribution < -0.4 is 0 Å². The van der Waals surface area contributed by atoms with Crippen LogP contribution in [0.25, 0.3) is 0 Å². The maximum atomic E-state index is 9.87. The van der Waals surface area contributed by atoms with Gasteiger partial charge in [0.25, 0.3) is 0 Å². The molecule has 0 saturated carbocycles. The Labute approximate surface area is 114 Å². The smallest absolute Gasteiger partial charge is 0.0823 e. The summed E-state index contributed by atoms with van der Waals surface area (Å²) in [5.74, 6) is 0. The van der Waals surface area contributed by atoms with Crippen LogP contribution in [0, 0.1) is 0 Å². The Morgan fingerprint density at radius 3 is 1.78 bits per heavy atom. The Kier molecular flexibility index (Phi) is 5.45. The topological polar surface area (TPSA) is 29.5 Å². The lowest BCUT2D eigenvalue weighted by Crippen LogP contribution is -2.46. The van der Waals surface area contributed by atoms with Crippen LogP contribution in [0.1, 0.15) is 54.9 Å². The molecule has 108 valence electrons. The van der Waals surface area contributed by atoms with Gasteiger partial charge in [-0.15, -0.1) is 0 Å². The van der Waals surface area contributed by atoms with Gasteiger partial charge in [-0.3, -0.25) is 0 Å². The van der Waals surface area contributed by atoms with E-state index in [-0.39, 0.29) is 18.3 Å². The van der Waals surface area contributed by atoms with E-state index in [9.17, 15) is 5.11 Å². The van der Waals surface area contributed by atoms with Gasteiger partial charge in [-0.1, -0.05) is 58.2 Å². The summed E-state index contributed by atoms with van der Waals surface area (Å²) < 4.78 is 5.96. The molecular formula is C15H32O2Si. The molecule has 1 saturated heterocycles. The Balaban J connectivity index is 2.86. The number of aliphatic hydroxyl groups is 1. The predicted molar refractivity (Wildman–Crippen MR) is 80.8 cm³/mol. The van der Waals surface area contributed by atoms with Crippen molar-refractivity contribution in [3.05, 3.63) is 0 Å². The molecule has 3 atom stereocenters. The van der Waals surface area contributed by atoms with Gasteiger partial charge in [0, 0.05) is 6.42 Å². The molecule has 0 aromatic carbocycles.